The van der Waals surface area contributed by atoms with Crippen LogP contribution in [0, 0.1) is 11.8 Å². The fraction of sp³-hybridized carbons (Fsp3) is 0.909. The molecule has 0 bridgehead atoms. The summed E-state index contributed by atoms with van der Waals surface area (Å²) in [6, 6.07) is 0.513. The number of nitrogens with two attached hydrogens (primary N) is 1. The molecule has 2 atom stereocenters. The van der Waals surface area contributed by atoms with Crippen LogP contribution in [0.15, 0.2) is 0 Å². The molecule has 1 heterocycles. The quantitative estimate of drug-likeness (QED) is 0.771. The maximum absolute atomic E-state index is 13.0. The summed E-state index contributed by atoms with van der Waals surface area (Å²) in [5.41, 5.74) is 6.14. The van der Waals surface area contributed by atoms with Gasteiger partial charge in [-0.05, 0) is 70.6 Å². The predicted molar refractivity (Wildman–Crippen MR) is 108 cm³/mol. The Labute approximate surface area is 164 Å². The minimum Gasteiger partial charge on any atom is -0.353 e. The minimum atomic E-state index is 0.0460. The van der Waals surface area contributed by atoms with Gasteiger partial charge in [0, 0.05) is 37.0 Å². The number of carbonyl (C=O) groups excluding carboxylic acids is 2. The molecule has 1 aliphatic heterocycles. The number of rotatable bonds is 5. The van der Waals surface area contributed by atoms with Crippen LogP contribution >= 0.6 is 0 Å². The van der Waals surface area contributed by atoms with Crippen molar-refractivity contribution >= 4 is 11.8 Å². The fourth-order valence-corrected chi connectivity index (χ4v) is 5.44. The van der Waals surface area contributed by atoms with Gasteiger partial charge in [-0.1, -0.05) is 19.3 Å². The molecule has 0 spiro atoms. The van der Waals surface area contributed by atoms with Crippen LogP contribution in [-0.2, 0) is 9.59 Å². The first-order valence-electron chi connectivity index (χ1n) is 11.4. The SMILES string of the molecule is CC(N)C1CCCCN1C(=O)C1CCC(NC(=O)CC2CCCCC2)CC1. The highest BCUT2D eigenvalue weighted by atomic mass is 16.2. The van der Waals surface area contributed by atoms with Gasteiger partial charge >= 0.3 is 0 Å². The lowest BCUT2D eigenvalue weighted by atomic mass is 9.83. The van der Waals surface area contributed by atoms with Crippen LogP contribution in [-0.4, -0.2) is 41.4 Å². The Morgan fingerprint density at radius 2 is 1.63 bits per heavy atom. The van der Waals surface area contributed by atoms with E-state index < -0.39 is 0 Å². The molecular weight excluding hydrogens is 338 g/mol. The van der Waals surface area contributed by atoms with Gasteiger partial charge in [-0.15, -0.1) is 0 Å². The molecule has 0 aromatic rings. The summed E-state index contributed by atoms with van der Waals surface area (Å²) in [5, 5.41) is 3.25. The standard InChI is InChI=1S/C22H39N3O2/c1-16(23)20-9-5-6-14-25(20)22(27)18-10-12-19(13-11-18)24-21(26)15-17-7-3-2-4-8-17/h16-20H,2-15,23H2,1H3,(H,24,26). The molecule has 0 radical (unpaired) electrons. The number of nitrogens with one attached hydrogen (secondary N) is 1. The molecular formula is C22H39N3O2. The van der Waals surface area contributed by atoms with E-state index in [1.165, 1.54) is 38.5 Å². The first kappa shape index (κ1) is 20.6. The second kappa shape index (κ2) is 9.90. The van der Waals surface area contributed by atoms with Crippen molar-refractivity contribution in [3.05, 3.63) is 0 Å². The van der Waals surface area contributed by atoms with Crippen LogP contribution < -0.4 is 11.1 Å². The van der Waals surface area contributed by atoms with Gasteiger partial charge in [0.05, 0.1) is 0 Å². The van der Waals surface area contributed by atoms with Crippen molar-refractivity contribution in [2.75, 3.05) is 6.54 Å². The van der Waals surface area contributed by atoms with E-state index in [-0.39, 0.29) is 30.0 Å². The summed E-state index contributed by atoms with van der Waals surface area (Å²) < 4.78 is 0. The molecule has 2 unspecified atom stereocenters. The molecule has 3 rings (SSSR count). The Hall–Kier alpha value is -1.10. The van der Waals surface area contributed by atoms with Gasteiger partial charge in [0.2, 0.25) is 11.8 Å². The number of nitrogens with zero attached hydrogens (tertiary/aromatic N) is 1. The highest BCUT2D eigenvalue weighted by Crippen LogP contribution is 2.30. The largest absolute Gasteiger partial charge is 0.353 e. The van der Waals surface area contributed by atoms with Gasteiger partial charge in [-0.25, -0.2) is 0 Å². The van der Waals surface area contributed by atoms with Gasteiger partial charge in [0.1, 0.15) is 0 Å². The Kier molecular flexibility index (Phi) is 7.57. The fourth-order valence-electron chi connectivity index (χ4n) is 5.44. The van der Waals surface area contributed by atoms with Crippen molar-refractivity contribution in [2.24, 2.45) is 17.6 Å². The molecule has 3 N–H and O–H groups in total. The topological polar surface area (TPSA) is 75.4 Å². The first-order chi connectivity index (χ1) is 13.0. The monoisotopic (exact) mass is 377 g/mol. The molecule has 2 amide bonds. The zero-order valence-corrected chi connectivity index (χ0v) is 17.1. The highest BCUT2D eigenvalue weighted by Gasteiger charge is 2.35. The summed E-state index contributed by atoms with van der Waals surface area (Å²) in [6.45, 7) is 2.89. The molecule has 2 saturated carbocycles. The van der Waals surface area contributed by atoms with Crippen molar-refractivity contribution in [3.8, 4) is 0 Å². The van der Waals surface area contributed by atoms with Crippen molar-refractivity contribution < 1.29 is 9.59 Å². The van der Waals surface area contributed by atoms with Gasteiger partial charge in [-0.3, -0.25) is 9.59 Å². The predicted octanol–water partition coefficient (Wildman–Crippen LogP) is 3.36. The Balaban J connectivity index is 1.42. The van der Waals surface area contributed by atoms with Crippen LogP contribution in [0.3, 0.4) is 0 Å². The van der Waals surface area contributed by atoms with Crippen molar-refractivity contribution in [1.82, 2.24) is 10.2 Å². The Morgan fingerprint density at radius 3 is 2.30 bits per heavy atom. The average Bonchev–Trinajstić information content (AvgIpc) is 2.68. The molecule has 2 aliphatic carbocycles. The maximum Gasteiger partial charge on any atom is 0.225 e. The van der Waals surface area contributed by atoms with Gasteiger partial charge in [0.15, 0.2) is 0 Å². The molecule has 5 heteroatoms. The van der Waals surface area contributed by atoms with Crippen molar-refractivity contribution in [3.63, 3.8) is 0 Å². The number of hydrogen-bond donors (Lipinski definition) is 2. The zero-order chi connectivity index (χ0) is 19.2. The minimum absolute atomic E-state index is 0.0460. The van der Waals surface area contributed by atoms with E-state index in [4.69, 9.17) is 5.73 Å². The second-order valence-electron chi connectivity index (χ2n) is 9.28. The highest BCUT2D eigenvalue weighted by molar-refractivity contribution is 5.80. The molecule has 154 valence electrons. The van der Waals surface area contributed by atoms with E-state index in [0.29, 0.717) is 18.2 Å². The number of carbonyl (C=O) groups is 2. The van der Waals surface area contributed by atoms with Crippen LogP contribution in [0.4, 0.5) is 0 Å². The van der Waals surface area contributed by atoms with E-state index >= 15 is 0 Å². The first-order valence-corrected chi connectivity index (χ1v) is 11.4. The molecule has 3 aliphatic rings. The zero-order valence-electron chi connectivity index (χ0n) is 17.1. The van der Waals surface area contributed by atoms with Gasteiger partial charge < -0.3 is 16.0 Å². The normalized spacial score (nSPS) is 31.3. The van der Waals surface area contributed by atoms with Gasteiger partial charge in [-0.2, -0.15) is 0 Å². The number of piperidine rings is 1. The molecule has 5 nitrogen and oxygen atoms in total. The van der Waals surface area contributed by atoms with Gasteiger partial charge in [0.25, 0.3) is 0 Å². The molecule has 27 heavy (non-hydrogen) atoms. The molecule has 0 aromatic heterocycles. The van der Waals surface area contributed by atoms with E-state index in [1.54, 1.807) is 0 Å². The van der Waals surface area contributed by atoms with E-state index in [0.717, 1.165) is 45.1 Å². The lowest BCUT2D eigenvalue weighted by molar-refractivity contribution is -0.141. The summed E-state index contributed by atoms with van der Waals surface area (Å²) in [7, 11) is 0. The molecule has 3 fully saturated rings. The molecule has 0 aromatic carbocycles. The molecule has 1 saturated heterocycles. The number of hydrogen-bond acceptors (Lipinski definition) is 3. The van der Waals surface area contributed by atoms with E-state index in [2.05, 4.69) is 10.2 Å². The summed E-state index contributed by atoms with van der Waals surface area (Å²) in [4.78, 5) is 27.5. The van der Waals surface area contributed by atoms with Crippen LogP contribution in [0.2, 0.25) is 0 Å². The van der Waals surface area contributed by atoms with Crippen LogP contribution in [0.25, 0.3) is 0 Å². The van der Waals surface area contributed by atoms with E-state index in [1.807, 2.05) is 6.92 Å². The lowest BCUT2D eigenvalue weighted by Gasteiger charge is -2.41. The maximum atomic E-state index is 13.0. The number of likely N-dealkylation sites (tertiary alicyclic amines) is 1. The van der Waals surface area contributed by atoms with E-state index in [9.17, 15) is 9.59 Å². The summed E-state index contributed by atoms with van der Waals surface area (Å²) >= 11 is 0. The third-order valence-electron chi connectivity index (χ3n) is 7.08. The Bertz CT molecular complexity index is 494. The number of amides is 2. The lowest BCUT2D eigenvalue weighted by Crippen LogP contribution is -2.54. The third kappa shape index (κ3) is 5.69. The van der Waals surface area contributed by atoms with Crippen LogP contribution in [0.1, 0.15) is 90.4 Å². The van der Waals surface area contributed by atoms with Crippen LogP contribution in [0.5, 0.6) is 0 Å². The average molecular weight is 378 g/mol. The second-order valence-corrected chi connectivity index (χ2v) is 9.28. The smallest absolute Gasteiger partial charge is 0.225 e. The summed E-state index contributed by atoms with van der Waals surface area (Å²) in [6.07, 6.45) is 14.0. The van der Waals surface area contributed by atoms with Crippen molar-refractivity contribution in [2.45, 2.75) is 109 Å². The Morgan fingerprint density at radius 1 is 0.963 bits per heavy atom. The summed E-state index contributed by atoms with van der Waals surface area (Å²) in [5.74, 6) is 1.25. The third-order valence-corrected chi connectivity index (χ3v) is 7.08. The van der Waals surface area contributed by atoms with Crippen molar-refractivity contribution in [1.29, 1.82) is 0 Å².